The lowest BCUT2D eigenvalue weighted by Crippen LogP contribution is -2.60. The summed E-state index contributed by atoms with van der Waals surface area (Å²) in [5.74, 6) is 3.15. The molecule has 1 spiro atoms. The van der Waals surface area contributed by atoms with E-state index in [9.17, 15) is 0 Å². The number of methoxy groups -OCH3 is 1. The molecule has 0 amide bonds. The fourth-order valence-corrected chi connectivity index (χ4v) is 5.70. The van der Waals surface area contributed by atoms with Crippen molar-refractivity contribution < 1.29 is 9.47 Å². The number of piperidine rings is 1. The molecule has 138 valence electrons. The highest BCUT2D eigenvalue weighted by atomic mass is 16.5. The van der Waals surface area contributed by atoms with Gasteiger partial charge in [-0.1, -0.05) is 17.2 Å². The Morgan fingerprint density at radius 3 is 3.00 bits per heavy atom. The molecule has 6 nitrogen and oxygen atoms in total. The monoisotopic (exact) mass is 354 g/mol. The topological polar surface area (TPSA) is 70.5 Å². The first-order valence-electron chi connectivity index (χ1n) is 9.87. The number of hydrogen-bond acceptors (Lipinski definition) is 4. The van der Waals surface area contributed by atoms with E-state index >= 15 is 0 Å². The summed E-state index contributed by atoms with van der Waals surface area (Å²) >= 11 is 0. The summed E-state index contributed by atoms with van der Waals surface area (Å²) in [6.45, 7) is 3.49. The average Bonchev–Trinajstić information content (AvgIpc) is 3.41. The van der Waals surface area contributed by atoms with E-state index in [-0.39, 0.29) is 17.6 Å². The second-order valence-electron chi connectivity index (χ2n) is 8.42. The molecule has 2 aliphatic carbocycles. The van der Waals surface area contributed by atoms with Gasteiger partial charge in [0.15, 0.2) is 11.5 Å². The molecule has 0 N–H and O–H groups in total. The van der Waals surface area contributed by atoms with Gasteiger partial charge in [0, 0.05) is 29.0 Å². The molecule has 26 heavy (non-hydrogen) atoms. The maximum Gasteiger partial charge on any atom is 0.165 e. The standard InChI is InChI=1S/C20H26N4O2/c1-25-17-4-2-3-15-18(17)26-19-16(22-23-21)8-7-14-12-24(11-13-5-6-13)10-9-20(14,15)19/h2-4,13-14,16,19H,5-12H2,1H3. The normalized spacial score (nSPS) is 35.5. The van der Waals surface area contributed by atoms with Crippen LogP contribution in [0.5, 0.6) is 11.5 Å². The molecule has 2 saturated carbocycles. The van der Waals surface area contributed by atoms with Crippen LogP contribution >= 0.6 is 0 Å². The van der Waals surface area contributed by atoms with Crippen molar-refractivity contribution in [3.8, 4) is 11.5 Å². The molecule has 1 aromatic rings. The van der Waals surface area contributed by atoms with Crippen LogP contribution in [0.2, 0.25) is 0 Å². The van der Waals surface area contributed by atoms with Gasteiger partial charge in [-0.05, 0) is 62.1 Å². The molecule has 5 rings (SSSR count). The maximum absolute atomic E-state index is 9.07. The van der Waals surface area contributed by atoms with E-state index in [1.807, 2.05) is 6.07 Å². The lowest BCUT2D eigenvalue weighted by molar-refractivity contribution is -0.0188. The van der Waals surface area contributed by atoms with Crippen molar-refractivity contribution in [3.63, 3.8) is 0 Å². The van der Waals surface area contributed by atoms with Crippen molar-refractivity contribution in [1.82, 2.24) is 4.90 Å². The summed E-state index contributed by atoms with van der Waals surface area (Å²) in [5.41, 5.74) is 10.3. The fraction of sp³-hybridized carbons (Fsp3) is 0.700. The number of hydrogen-bond donors (Lipinski definition) is 0. The minimum atomic E-state index is -0.0941. The molecule has 6 heteroatoms. The Morgan fingerprint density at radius 2 is 2.23 bits per heavy atom. The summed E-state index contributed by atoms with van der Waals surface area (Å²) in [4.78, 5) is 5.79. The lowest BCUT2D eigenvalue weighted by atomic mass is 9.57. The van der Waals surface area contributed by atoms with Crippen LogP contribution in [0.4, 0.5) is 0 Å². The molecule has 0 bridgehead atoms. The summed E-state index contributed by atoms with van der Waals surface area (Å²) in [7, 11) is 1.69. The van der Waals surface area contributed by atoms with E-state index in [1.54, 1.807) is 7.11 Å². The van der Waals surface area contributed by atoms with Gasteiger partial charge in [0.05, 0.1) is 13.2 Å². The Morgan fingerprint density at radius 1 is 1.35 bits per heavy atom. The molecule has 0 aromatic heterocycles. The fourth-order valence-electron chi connectivity index (χ4n) is 5.70. The van der Waals surface area contributed by atoms with Gasteiger partial charge in [-0.2, -0.15) is 0 Å². The van der Waals surface area contributed by atoms with Gasteiger partial charge >= 0.3 is 0 Å². The maximum atomic E-state index is 9.07. The van der Waals surface area contributed by atoms with Crippen LogP contribution in [-0.2, 0) is 5.41 Å². The van der Waals surface area contributed by atoms with E-state index < -0.39 is 0 Å². The van der Waals surface area contributed by atoms with Gasteiger partial charge in [-0.25, -0.2) is 0 Å². The minimum absolute atomic E-state index is 0.0406. The van der Waals surface area contributed by atoms with Gasteiger partial charge in [0.1, 0.15) is 6.10 Å². The van der Waals surface area contributed by atoms with Crippen molar-refractivity contribution >= 4 is 0 Å². The third-order valence-corrected chi connectivity index (χ3v) is 7.08. The Labute approximate surface area is 154 Å². The number of likely N-dealkylation sites (tertiary alicyclic amines) is 1. The largest absolute Gasteiger partial charge is 0.493 e. The SMILES string of the molecule is COc1cccc2c1OC1C(N=[N+]=[N-])CCC3CN(CC4CC4)CCC231. The minimum Gasteiger partial charge on any atom is -0.493 e. The van der Waals surface area contributed by atoms with E-state index in [0.717, 1.165) is 49.8 Å². The van der Waals surface area contributed by atoms with Crippen molar-refractivity contribution in [2.75, 3.05) is 26.7 Å². The van der Waals surface area contributed by atoms with Crippen LogP contribution in [0.15, 0.2) is 23.3 Å². The zero-order valence-corrected chi connectivity index (χ0v) is 15.3. The molecular formula is C20H26N4O2. The van der Waals surface area contributed by atoms with E-state index in [0.29, 0.717) is 5.92 Å². The number of rotatable bonds is 4. The summed E-state index contributed by atoms with van der Waals surface area (Å²) in [6, 6.07) is 6.15. The molecule has 1 aromatic carbocycles. The molecular weight excluding hydrogens is 328 g/mol. The number of azide groups is 1. The summed E-state index contributed by atoms with van der Waals surface area (Å²) < 4.78 is 12.1. The van der Waals surface area contributed by atoms with Gasteiger partial charge in [-0.3, -0.25) is 0 Å². The first kappa shape index (κ1) is 16.3. The molecule has 4 aliphatic rings. The smallest absolute Gasteiger partial charge is 0.165 e. The molecule has 2 heterocycles. The second kappa shape index (κ2) is 6.07. The number of ether oxygens (including phenoxy) is 2. The van der Waals surface area contributed by atoms with Gasteiger partial charge in [-0.15, -0.1) is 0 Å². The zero-order chi connectivity index (χ0) is 17.7. The van der Waals surface area contributed by atoms with E-state index in [1.165, 1.54) is 24.9 Å². The van der Waals surface area contributed by atoms with Crippen LogP contribution in [0.1, 0.15) is 37.7 Å². The predicted octanol–water partition coefficient (Wildman–Crippen LogP) is 3.90. The summed E-state index contributed by atoms with van der Waals surface area (Å²) in [6.07, 6.45) is 5.82. The Kier molecular flexibility index (Phi) is 3.80. The summed E-state index contributed by atoms with van der Waals surface area (Å²) in [5, 5.41) is 4.13. The van der Waals surface area contributed by atoms with Gasteiger partial charge in [0.2, 0.25) is 0 Å². The second-order valence-corrected chi connectivity index (χ2v) is 8.42. The first-order valence-corrected chi connectivity index (χ1v) is 9.87. The van der Waals surface area contributed by atoms with Crippen LogP contribution in [-0.4, -0.2) is 43.8 Å². The van der Waals surface area contributed by atoms with Crippen molar-refractivity contribution in [2.45, 2.75) is 49.7 Å². The number of fused-ring (bicyclic) bond motifs is 1. The average molecular weight is 354 g/mol. The van der Waals surface area contributed by atoms with Crippen molar-refractivity contribution in [1.29, 1.82) is 0 Å². The van der Waals surface area contributed by atoms with Crippen LogP contribution in [0.3, 0.4) is 0 Å². The Hall–Kier alpha value is -1.91. The van der Waals surface area contributed by atoms with Crippen molar-refractivity contribution in [3.05, 3.63) is 34.2 Å². The highest BCUT2D eigenvalue weighted by molar-refractivity contribution is 5.55. The van der Waals surface area contributed by atoms with Crippen LogP contribution in [0, 0.1) is 11.8 Å². The number of para-hydroxylation sites is 1. The first-order chi connectivity index (χ1) is 12.8. The van der Waals surface area contributed by atoms with E-state index in [2.05, 4.69) is 27.1 Å². The molecule has 3 fully saturated rings. The quantitative estimate of drug-likeness (QED) is 0.468. The van der Waals surface area contributed by atoms with E-state index in [4.69, 9.17) is 15.0 Å². The third-order valence-electron chi connectivity index (χ3n) is 7.08. The third kappa shape index (κ3) is 2.32. The Bertz CT molecular complexity index is 758. The highest BCUT2D eigenvalue weighted by Gasteiger charge is 2.60. The van der Waals surface area contributed by atoms with Crippen LogP contribution in [0.25, 0.3) is 10.4 Å². The lowest BCUT2D eigenvalue weighted by Gasteiger charge is -2.52. The molecule has 0 radical (unpaired) electrons. The zero-order valence-electron chi connectivity index (χ0n) is 15.3. The van der Waals surface area contributed by atoms with Crippen LogP contribution < -0.4 is 9.47 Å². The van der Waals surface area contributed by atoms with Gasteiger partial charge < -0.3 is 14.4 Å². The molecule has 2 aliphatic heterocycles. The number of nitrogens with zero attached hydrogens (tertiary/aromatic N) is 4. The predicted molar refractivity (Wildman–Crippen MR) is 98.5 cm³/mol. The number of benzene rings is 1. The highest BCUT2D eigenvalue weighted by Crippen LogP contribution is 2.59. The molecule has 4 atom stereocenters. The molecule has 1 saturated heterocycles. The van der Waals surface area contributed by atoms with Crippen molar-refractivity contribution in [2.24, 2.45) is 17.0 Å². The molecule has 4 unspecified atom stereocenters. The Balaban J connectivity index is 1.55. The van der Waals surface area contributed by atoms with Gasteiger partial charge in [0.25, 0.3) is 0 Å².